The van der Waals surface area contributed by atoms with Gasteiger partial charge in [-0.1, -0.05) is 12.1 Å². The van der Waals surface area contributed by atoms with Gasteiger partial charge in [0.25, 0.3) is 0 Å². The quantitative estimate of drug-likeness (QED) is 0.295. The van der Waals surface area contributed by atoms with Gasteiger partial charge in [-0.2, -0.15) is 5.26 Å². The molecule has 0 aliphatic carbocycles. The van der Waals surface area contributed by atoms with Crippen LogP contribution in [0.3, 0.4) is 0 Å². The number of nitrogens with zero attached hydrogens (tertiary/aromatic N) is 5. The molecule has 3 N–H and O–H groups in total. The first kappa shape index (κ1) is 25.3. The lowest BCUT2D eigenvalue weighted by atomic mass is 10.0. The van der Waals surface area contributed by atoms with E-state index >= 15 is 4.39 Å². The molecule has 4 rings (SSSR count). The van der Waals surface area contributed by atoms with Crippen molar-refractivity contribution in [3.63, 3.8) is 0 Å². The predicted octanol–water partition coefficient (Wildman–Crippen LogP) is 5.71. The van der Waals surface area contributed by atoms with E-state index in [1.807, 2.05) is 30.3 Å². The van der Waals surface area contributed by atoms with E-state index in [2.05, 4.69) is 25.6 Å². The minimum atomic E-state index is -1.11. The standard InChI is InChI=1S/C27H26FN7O2/c1-27(2,3)35(26(36)37)16-23(22-8-4-5-11-31-22)33-25-20(28)14-18(15-29)24(34-25)32-19-9-10-21-17(13-19)7-6-12-30-21/h4-14,23H,16H2,1-3H3,(H,36,37)(H2,32,33,34). The monoisotopic (exact) mass is 499 g/mol. The molecule has 0 aliphatic rings. The lowest BCUT2D eigenvalue weighted by Crippen LogP contribution is -2.48. The fourth-order valence-electron chi connectivity index (χ4n) is 3.84. The average Bonchev–Trinajstić information content (AvgIpc) is 2.87. The van der Waals surface area contributed by atoms with E-state index in [1.54, 1.807) is 57.4 Å². The normalized spacial score (nSPS) is 12.0. The van der Waals surface area contributed by atoms with Gasteiger partial charge in [0.05, 0.1) is 29.4 Å². The predicted molar refractivity (Wildman–Crippen MR) is 139 cm³/mol. The summed E-state index contributed by atoms with van der Waals surface area (Å²) in [7, 11) is 0. The summed E-state index contributed by atoms with van der Waals surface area (Å²) in [5, 5.41) is 26.4. The molecule has 1 atom stereocenters. The number of aromatic nitrogens is 3. The Balaban J connectivity index is 1.70. The minimum absolute atomic E-state index is 0.0165. The number of carbonyl (C=O) groups is 1. The summed E-state index contributed by atoms with van der Waals surface area (Å²) in [5.41, 5.74) is 1.27. The Labute approximate surface area is 213 Å². The number of benzene rings is 1. The van der Waals surface area contributed by atoms with Gasteiger partial charge in [0, 0.05) is 29.0 Å². The van der Waals surface area contributed by atoms with Crippen LogP contribution in [-0.2, 0) is 0 Å². The molecule has 4 aromatic rings. The Hall–Kier alpha value is -4.78. The number of hydrogen-bond donors (Lipinski definition) is 3. The van der Waals surface area contributed by atoms with E-state index in [0.717, 1.165) is 17.0 Å². The highest BCUT2D eigenvalue weighted by Crippen LogP contribution is 2.28. The van der Waals surface area contributed by atoms with Crippen molar-refractivity contribution in [3.05, 3.63) is 84.1 Å². The number of hydrogen-bond acceptors (Lipinski definition) is 7. The number of anilines is 3. The SMILES string of the molecule is CC(C)(C)N(CC(Nc1nc(Nc2ccc3ncccc3c2)c(C#N)cc1F)c1ccccn1)C(=O)O. The lowest BCUT2D eigenvalue weighted by molar-refractivity contribution is 0.0971. The fourth-order valence-corrected chi connectivity index (χ4v) is 3.84. The van der Waals surface area contributed by atoms with Crippen molar-refractivity contribution < 1.29 is 14.3 Å². The Morgan fingerprint density at radius 2 is 1.89 bits per heavy atom. The molecule has 1 aromatic carbocycles. The topological polar surface area (TPSA) is 127 Å². The van der Waals surface area contributed by atoms with Gasteiger partial charge < -0.3 is 20.6 Å². The van der Waals surface area contributed by atoms with Crippen molar-refractivity contribution in [2.45, 2.75) is 32.4 Å². The second-order valence-corrected chi connectivity index (χ2v) is 9.38. The van der Waals surface area contributed by atoms with Crippen molar-refractivity contribution in [2.75, 3.05) is 17.2 Å². The first-order valence-corrected chi connectivity index (χ1v) is 11.6. The van der Waals surface area contributed by atoms with Crippen molar-refractivity contribution in [1.29, 1.82) is 5.26 Å². The third-order valence-corrected chi connectivity index (χ3v) is 5.72. The first-order chi connectivity index (χ1) is 17.7. The number of rotatable bonds is 7. The van der Waals surface area contributed by atoms with Crippen molar-refractivity contribution in [1.82, 2.24) is 19.9 Å². The molecule has 1 amide bonds. The molecule has 0 saturated heterocycles. The maximum atomic E-state index is 15.1. The van der Waals surface area contributed by atoms with Gasteiger partial charge in [0.15, 0.2) is 17.5 Å². The largest absolute Gasteiger partial charge is 0.465 e. The zero-order valence-corrected chi connectivity index (χ0v) is 20.6. The average molecular weight is 500 g/mol. The van der Waals surface area contributed by atoms with Crippen LogP contribution >= 0.6 is 0 Å². The van der Waals surface area contributed by atoms with E-state index in [0.29, 0.717) is 11.4 Å². The number of nitriles is 1. The summed E-state index contributed by atoms with van der Waals surface area (Å²) < 4.78 is 15.1. The molecule has 0 fully saturated rings. The highest BCUT2D eigenvalue weighted by molar-refractivity contribution is 5.83. The molecule has 0 spiro atoms. The summed E-state index contributed by atoms with van der Waals surface area (Å²) in [6.45, 7) is 5.31. The van der Waals surface area contributed by atoms with E-state index < -0.39 is 23.5 Å². The molecule has 1 unspecified atom stereocenters. The zero-order valence-electron chi connectivity index (χ0n) is 20.6. The van der Waals surface area contributed by atoms with E-state index in [4.69, 9.17) is 0 Å². The molecule has 9 nitrogen and oxygen atoms in total. The van der Waals surface area contributed by atoms with Crippen LogP contribution in [0, 0.1) is 17.1 Å². The van der Waals surface area contributed by atoms with Crippen LogP contribution in [0.25, 0.3) is 10.9 Å². The van der Waals surface area contributed by atoms with Crippen LogP contribution < -0.4 is 10.6 Å². The Bertz CT molecular complexity index is 1470. The molecule has 3 heterocycles. The third kappa shape index (κ3) is 5.90. The van der Waals surface area contributed by atoms with Crippen LogP contribution in [0.1, 0.15) is 38.1 Å². The second kappa shape index (κ2) is 10.5. The Morgan fingerprint density at radius 3 is 2.57 bits per heavy atom. The number of nitrogens with one attached hydrogen (secondary N) is 2. The van der Waals surface area contributed by atoms with Gasteiger partial charge in [0.1, 0.15) is 6.07 Å². The lowest BCUT2D eigenvalue weighted by Gasteiger charge is -2.36. The summed E-state index contributed by atoms with van der Waals surface area (Å²) in [4.78, 5) is 26.3. The molecule has 0 bridgehead atoms. The van der Waals surface area contributed by atoms with Crippen LogP contribution in [0.15, 0.2) is 67.0 Å². The van der Waals surface area contributed by atoms with Gasteiger partial charge in [-0.05, 0) is 63.2 Å². The van der Waals surface area contributed by atoms with Gasteiger partial charge in [-0.25, -0.2) is 14.2 Å². The smallest absolute Gasteiger partial charge is 0.407 e. The van der Waals surface area contributed by atoms with Gasteiger partial charge in [0.2, 0.25) is 0 Å². The van der Waals surface area contributed by atoms with Crippen molar-refractivity contribution in [2.24, 2.45) is 0 Å². The molecule has 37 heavy (non-hydrogen) atoms. The molecular weight excluding hydrogens is 473 g/mol. The van der Waals surface area contributed by atoms with Crippen LogP contribution in [0.2, 0.25) is 0 Å². The number of amides is 1. The number of carboxylic acid groups (broad SMARTS) is 1. The van der Waals surface area contributed by atoms with E-state index in [9.17, 15) is 15.2 Å². The van der Waals surface area contributed by atoms with Crippen molar-refractivity contribution >= 4 is 34.3 Å². The van der Waals surface area contributed by atoms with Crippen LogP contribution in [0.4, 0.5) is 26.5 Å². The molecule has 0 aliphatic heterocycles. The van der Waals surface area contributed by atoms with Gasteiger partial charge in [-0.15, -0.1) is 0 Å². The summed E-state index contributed by atoms with van der Waals surface area (Å²) in [5.74, 6) is -0.734. The molecule has 0 radical (unpaired) electrons. The Kier molecular flexibility index (Phi) is 7.15. The third-order valence-electron chi connectivity index (χ3n) is 5.72. The van der Waals surface area contributed by atoms with Crippen LogP contribution in [0.5, 0.6) is 0 Å². The van der Waals surface area contributed by atoms with E-state index in [1.165, 1.54) is 4.90 Å². The number of halogens is 1. The van der Waals surface area contributed by atoms with Gasteiger partial charge in [-0.3, -0.25) is 9.97 Å². The van der Waals surface area contributed by atoms with Crippen molar-refractivity contribution in [3.8, 4) is 6.07 Å². The number of fused-ring (bicyclic) bond motifs is 1. The number of pyridine rings is 3. The molecule has 10 heteroatoms. The minimum Gasteiger partial charge on any atom is -0.465 e. The maximum absolute atomic E-state index is 15.1. The summed E-state index contributed by atoms with van der Waals surface area (Å²) in [6, 6.07) is 16.8. The zero-order chi connectivity index (χ0) is 26.6. The Morgan fingerprint density at radius 1 is 1.11 bits per heavy atom. The molecular formula is C27H26FN7O2. The summed E-state index contributed by atoms with van der Waals surface area (Å²) in [6.07, 6.45) is 2.17. The highest BCUT2D eigenvalue weighted by Gasteiger charge is 2.30. The maximum Gasteiger partial charge on any atom is 0.407 e. The molecule has 3 aromatic heterocycles. The highest BCUT2D eigenvalue weighted by atomic mass is 19.1. The van der Waals surface area contributed by atoms with Crippen LogP contribution in [-0.4, -0.2) is 43.1 Å². The molecule has 188 valence electrons. The fraction of sp³-hybridized carbons (Fsp3) is 0.222. The first-order valence-electron chi connectivity index (χ1n) is 11.6. The second-order valence-electron chi connectivity index (χ2n) is 9.38. The van der Waals surface area contributed by atoms with Gasteiger partial charge >= 0.3 is 6.09 Å². The molecule has 0 saturated carbocycles. The van der Waals surface area contributed by atoms with E-state index in [-0.39, 0.29) is 23.7 Å². The summed E-state index contributed by atoms with van der Waals surface area (Å²) >= 11 is 0.